The first kappa shape index (κ1) is 16.7. The number of nitrogens with zero attached hydrogens (tertiary/aromatic N) is 2. The molecule has 4 rings (SSSR count). The number of aromatic nitrogens is 3. The van der Waals surface area contributed by atoms with Gasteiger partial charge in [0.2, 0.25) is 5.52 Å². The molecule has 0 aliphatic heterocycles. The van der Waals surface area contributed by atoms with E-state index in [1.165, 1.54) is 16.8 Å². The molecule has 0 aliphatic carbocycles. The number of hydrogen-bond acceptors (Lipinski definition) is 2. The Morgan fingerprint density at radius 3 is 2.24 bits per heavy atom. The zero-order valence-electron chi connectivity index (χ0n) is 12.7. The van der Waals surface area contributed by atoms with Gasteiger partial charge >= 0.3 is 11.7 Å². The molecule has 0 unspecified atom stereocenters. The van der Waals surface area contributed by atoms with Crippen LogP contribution >= 0.6 is 0 Å². The summed E-state index contributed by atoms with van der Waals surface area (Å²) in [5.41, 5.74) is 0.459. The van der Waals surface area contributed by atoms with Crippen molar-refractivity contribution in [3.8, 4) is 5.69 Å². The standard InChI is InChI=1S/C17H10F3N3O.H2O/c18-17(19,20)12-6-8-13(9-7-12)22-16(24)15-10-5-11-3-1-2-4-14(11)23(15)21-22;/h1-10H;1H2. The molecule has 0 saturated heterocycles. The quantitative estimate of drug-likeness (QED) is 0.538. The van der Waals surface area contributed by atoms with E-state index in [0.29, 0.717) is 11.2 Å². The number of H-pyrrole nitrogens is 1. The minimum atomic E-state index is -4.41. The van der Waals surface area contributed by atoms with Crippen LogP contribution in [0.4, 0.5) is 13.2 Å². The third-order valence-corrected chi connectivity index (χ3v) is 3.91. The fourth-order valence-corrected chi connectivity index (χ4v) is 2.71. The van der Waals surface area contributed by atoms with Gasteiger partial charge in [0.05, 0.1) is 5.56 Å². The van der Waals surface area contributed by atoms with Crippen molar-refractivity contribution in [1.82, 2.24) is 9.90 Å². The van der Waals surface area contributed by atoms with Crippen molar-refractivity contribution in [2.45, 2.75) is 6.18 Å². The van der Waals surface area contributed by atoms with E-state index in [9.17, 15) is 18.0 Å². The average Bonchev–Trinajstić information content (AvgIpc) is 2.92. The minimum Gasteiger partial charge on any atom is -0.870 e. The van der Waals surface area contributed by atoms with Crippen molar-refractivity contribution in [2.75, 3.05) is 0 Å². The molecular weight excluding hydrogens is 335 g/mol. The summed E-state index contributed by atoms with van der Waals surface area (Å²) < 4.78 is 40.8. The van der Waals surface area contributed by atoms with Crippen LogP contribution in [-0.4, -0.2) is 15.4 Å². The molecule has 0 atom stereocenters. The molecule has 0 radical (unpaired) electrons. The van der Waals surface area contributed by atoms with E-state index in [2.05, 4.69) is 5.21 Å². The largest absolute Gasteiger partial charge is 0.870 e. The molecule has 0 bridgehead atoms. The van der Waals surface area contributed by atoms with Gasteiger partial charge in [0.15, 0.2) is 11.2 Å². The van der Waals surface area contributed by atoms with Gasteiger partial charge in [-0.25, -0.2) is 4.79 Å². The third-order valence-electron chi connectivity index (χ3n) is 3.91. The van der Waals surface area contributed by atoms with Gasteiger partial charge < -0.3 is 5.48 Å². The maximum absolute atomic E-state index is 12.7. The summed E-state index contributed by atoms with van der Waals surface area (Å²) in [7, 11) is 0. The van der Waals surface area contributed by atoms with Crippen LogP contribution in [0.5, 0.6) is 0 Å². The summed E-state index contributed by atoms with van der Waals surface area (Å²) in [4.78, 5) is 12.5. The number of para-hydroxylation sites is 1. The smallest absolute Gasteiger partial charge is 0.416 e. The number of benzene rings is 2. The molecule has 0 fully saturated rings. The van der Waals surface area contributed by atoms with Crippen molar-refractivity contribution >= 4 is 16.4 Å². The van der Waals surface area contributed by atoms with E-state index in [-0.39, 0.29) is 11.0 Å². The zero-order valence-corrected chi connectivity index (χ0v) is 12.7. The van der Waals surface area contributed by atoms with Crippen LogP contribution in [0.2, 0.25) is 0 Å². The number of halogens is 3. The highest BCUT2D eigenvalue weighted by molar-refractivity contribution is 5.76. The van der Waals surface area contributed by atoms with Crippen LogP contribution in [0.3, 0.4) is 0 Å². The summed E-state index contributed by atoms with van der Waals surface area (Å²) in [5, 5.41) is 3.86. The number of rotatable bonds is 1. The Morgan fingerprint density at radius 1 is 0.880 bits per heavy atom. The molecule has 2 N–H and O–H groups in total. The van der Waals surface area contributed by atoms with Crippen molar-refractivity contribution in [2.24, 2.45) is 0 Å². The lowest BCUT2D eigenvalue weighted by atomic mass is 10.2. The Morgan fingerprint density at radius 2 is 1.56 bits per heavy atom. The van der Waals surface area contributed by atoms with Crippen LogP contribution in [0.1, 0.15) is 5.56 Å². The first-order chi connectivity index (χ1) is 11.4. The van der Waals surface area contributed by atoms with Crippen molar-refractivity contribution < 1.29 is 23.2 Å². The van der Waals surface area contributed by atoms with Crippen LogP contribution in [-0.2, 0) is 6.18 Å². The van der Waals surface area contributed by atoms with Crippen molar-refractivity contribution in [3.63, 3.8) is 0 Å². The molecular formula is C17H12F3N3O2. The Kier molecular flexibility index (Phi) is 3.84. The zero-order chi connectivity index (χ0) is 16.9. The van der Waals surface area contributed by atoms with Crippen LogP contribution in [0.15, 0.2) is 65.5 Å². The van der Waals surface area contributed by atoms with Gasteiger partial charge in [-0.2, -0.15) is 13.2 Å². The molecule has 4 aromatic rings. The topological polar surface area (TPSA) is 71.9 Å². The predicted octanol–water partition coefficient (Wildman–Crippen LogP) is 2.90. The van der Waals surface area contributed by atoms with E-state index < -0.39 is 11.7 Å². The van der Waals surface area contributed by atoms with Gasteiger partial charge in [0.1, 0.15) is 0 Å². The minimum absolute atomic E-state index is 0. The summed E-state index contributed by atoms with van der Waals surface area (Å²) in [5.74, 6) is 0. The second-order valence-electron chi connectivity index (χ2n) is 5.40. The summed E-state index contributed by atoms with van der Waals surface area (Å²) >= 11 is 0. The molecule has 0 saturated carbocycles. The van der Waals surface area contributed by atoms with E-state index >= 15 is 0 Å². The first-order valence-corrected chi connectivity index (χ1v) is 7.17. The second-order valence-corrected chi connectivity index (χ2v) is 5.40. The Hall–Kier alpha value is -3.13. The summed E-state index contributed by atoms with van der Waals surface area (Å²) in [6.45, 7) is 0. The van der Waals surface area contributed by atoms with E-state index in [4.69, 9.17) is 0 Å². The third kappa shape index (κ3) is 2.66. The molecule has 0 spiro atoms. The van der Waals surface area contributed by atoms with E-state index in [1.807, 2.05) is 30.3 Å². The number of hydrogen-bond donors (Lipinski definition) is 1. The fraction of sp³-hybridized carbons (Fsp3) is 0.0588. The van der Waals surface area contributed by atoms with Gasteiger partial charge in [0, 0.05) is 5.39 Å². The highest BCUT2D eigenvalue weighted by Gasteiger charge is 2.30. The second kappa shape index (κ2) is 5.75. The Bertz CT molecular complexity index is 1110. The van der Waals surface area contributed by atoms with Crippen molar-refractivity contribution in [3.05, 3.63) is 76.6 Å². The lowest BCUT2D eigenvalue weighted by Gasteiger charge is -2.05. The van der Waals surface area contributed by atoms with E-state index in [1.54, 1.807) is 10.6 Å². The van der Waals surface area contributed by atoms with Crippen LogP contribution < -0.4 is 10.1 Å². The summed E-state index contributed by atoms with van der Waals surface area (Å²) in [6.07, 6.45) is -4.41. The molecule has 25 heavy (non-hydrogen) atoms. The molecule has 0 aliphatic rings. The number of fused-ring (bicyclic) bond motifs is 3. The molecule has 2 heterocycles. The fourth-order valence-electron chi connectivity index (χ4n) is 2.71. The average molecular weight is 347 g/mol. The molecule has 2 aromatic carbocycles. The van der Waals surface area contributed by atoms with Gasteiger partial charge in [-0.15, -0.1) is 4.52 Å². The van der Waals surface area contributed by atoms with Crippen molar-refractivity contribution in [1.29, 1.82) is 0 Å². The first-order valence-electron chi connectivity index (χ1n) is 7.17. The monoisotopic (exact) mass is 347 g/mol. The Labute approximate surface area is 138 Å². The molecule has 0 amide bonds. The Balaban J connectivity index is 0.00000182. The van der Waals surface area contributed by atoms with Crippen LogP contribution in [0.25, 0.3) is 22.1 Å². The van der Waals surface area contributed by atoms with Gasteiger partial charge in [-0.1, -0.05) is 28.1 Å². The van der Waals surface area contributed by atoms with Crippen LogP contribution in [0, 0.1) is 0 Å². The molecule has 8 heteroatoms. The van der Waals surface area contributed by atoms with Gasteiger partial charge in [-0.05, 0) is 42.5 Å². The maximum atomic E-state index is 12.7. The normalized spacial score (nSPS) is 11.6. The lowest BCUT2D eigenvalue weighted by molar-refractivity contribution is -0.555. The van der Waals surface area contributed by atoms with Gasteiger partial charge in [-0.3, -0.25) is 0 Å². The highest BCUT2D eigenvalue weighted by atomic mass is 19.4. The SMILES string of the molecule is O=c1c2ccc3ccccc3[n+]2[nH]n1-c1ccc(C(F)(F)F)cc1.[OH-]. The van der Waals surface area contributed by atoms with Gasteiger partial charge in [0.25, 0.3) is 0 Å². The highest BCUT2D eigenvalue weighted by Crippen LogP contribution is 2.29. The molecule has 2 aromatic heterocycles. The maximum Gasteiger partial charge on any atom is 0.416 e. The summed E-state index contributed by atoms with van der Waals surface area (Å²) in [6, 6.07) is 15.5. The predicted molar refractivity (Wildman–Crippen MR) is 84.0 cm³/mol. The lowest BCUT2D eigenvalue weighted by Crippen LogP contribution is -2.25. The molecule has 5 nitrogen and oxygen atoms in total. The van der Waals surface area contributed by atoms with E-state index in [0.717, 1.165) is 23.0 Å². The number of aromatic amines is 1. The number of nitrogens with one attached hydrogen (secondary N) is 1. The number of pyridine rings is 1. The molecule has 128 valence electrons. The number of alkyl halides is 3.